The van der Waals surface area contributed by atoms with Gasteiger partial charge in [0.25, 0.3) is 0 Å². The summed E-state index contributed by atoms with van der Waals surface area (Å²) in [5.41, 5.74) is 0.328. The Bertz CT molecular complexity index is 614. The molecule has 2 heterocycles. The first-order valence-electron chi connectivity index (χ1n) is 8.53. The first-order valence-corrected chi connectivity index (χ1v) is 12.0. The normalized spacial score (nSPS) is 18.0. The van der Waals surface area contributed by atoms with Crippen molar-refractivity contribution in [2.75, 3.05) is 44.9 Å². The molecule has 1 atom stereocenters. The summed E-state index contributed by atoms with van der Waals surface area (Å²) in [5, 5.41) is 9.53. The maximum Gasteiger partial charge on any atom is 0.354 e. The van der Waals surface area contributed by atoms with E-state index < -0.39 is 19.5 Å². The van der Waals surface area contributed by atoms with Gasteiger partial charge in [-0.25, -0.2) is 9.78 Å². The molecule has 8 heteroatoms. The van der Waals surface area contributed by atoms with Gasteiger partial charge in [0.1, 0.15) is 8.07 Å². The predicted octanol–water partition coefficient (Wildman–Crippen LogP) is 2.33. The molecule has 1 aliphatic rings. The largest absolute Gasteiger partial charge is 0.477 e. The lowest BCUT2D eigenvalue weighted by Gasteiger charge is -2.41. The van der Waals surface area contributed by atoms with E-state index in [1.165, 1.54) is 0 Å². The van der Waals surface area contributed by atoms with Crippen LogP contribution in [0, 0.1) is 0 Å². The van der Waals surface area contributed by atoms with Crippen LogP contribution in [0.2, 0.25) is 19.6 Å². The Balaban J connectivity index is 2.60. The number of anilines is 1. The average molecular weight is 369 g/mol. The number of rotatable bonds is 7. The molecule has 1 aromatic rings. The Hall–Kier alpha value is -1.48. The van der Waals surface area contributed by atoms with E-state index in [1.807, 2.05) is 13.0 Å². The summed E-state index contributed by atoms with van der Waals surface area (Å²) in [5.74, 6) is -1.06. The fourth-order valence-electron chi connectivity index (χ4n) is 3.15. The summed E-state index contributed by atoms with van der Waals surface area (Å²) < 4.78 is 17.3. The highest BCUT2D eigenvalue weighted by atomic mass is 28.3. The Morgan fingerprint density at radius 1 is 1.36 bits per heavy atom. The molecule has 1 aliphatic heterocycles. The number of pyridine rings is 1. The van der Waals surface area contributed by atoms with E-state index in [4.69, 9.17) is 14.2 Å². The summed E-state index contributed by atoms with van der Waals surface area (Å²) in [6.07, 6.45) is 0. The van der Waals surface area contributed by atoms with Gasteiger partial charge in [-0.1, -0.05) is 19.6 Å². The highest BCUT2D eigenvalue weighted by Gasteiger charge is 2.48. The lowest BCUT2D eigenvalue weighted by atomic mass is 10.2. The zero-order valence-electron chi connectivity index (χ0n) is 15.7. The monoisotopic (exact) mass is 368 g/mol. The van der Waals surface area contributed by atoms with Gasteiger partial charge < -0.3 is 24.2 Å². The molecule has 0 spiro atoms. The van der Waals surface area contributed by atoms with Crippen LogP contribution in [0.15, 0.2) is 12.1 Å². The molecule has 0 saturated carbocycles. The van der Waals surface area contributed by atoms with Crippen LogP contribution in [-0.4, -0.2) is 64.2 Å². The molecule has 1 N–H and O–H groups in total. The molecule has 2 rings (SSSR count). The number of aromatic nitrogens is 1. The molecule has 1 saturated heterocycles. The molecule has 0 bridgehead atoms. The smallest absolute Gasteiger partial charge is 0.354 e. The van der Waals surface area contributed by atoms with Crippen LogP contribution in [0.5, 0.6) is 0 Å². The van der Waals surface area contributed by atoms with Gasteiger partial charge in [0.15, 0.2) is 11.1 Å². The Morgan fingerprint density at radius 3 is 2.48 bits per heavy atom. The summed E-state index contributed by atoms with van der Waals surface area (Å²) >= 11 is 0. The second-order valence-corrected chi connectivity index (χ2v) is 12.2. The second-order valence-electron chi connectivity index (χ2n) is 7.00. The van der Waals surface area contributed by atoms with Gasteiger partial charge in [-0.3, -0.25) is 0 Å². The summed E-state index contributed by atoms with van der Waals surface area (Å²) in [6.45, 7) is 11.4. The first-order chi connectivity index (χ1) is 11.7. The molecular formula is C17H28N2O5Si. The molecule has 1 fully saturated rings. The number of hydrogen-bond acceptors (Lipinski definition) is 6. The van der Waals surface area contributed by atoms with Crippen LogP contribution in [0.1, 0.15) is 23.1 Å². The van der Waals surface area contributed by atoms with Gasteiger partial charge >= 0.3 is 5.97 Å². The number of carboxylic acids is 1. The van der Waals surface area contributed by atoms with Gasteiger partial charge in [-0.05, 0) is 19.1 Å². The Kier molecular flexibility index (Phi) is 6.20. The maximum absolute atomic E-state index is 11.6. The van der Waals surface area contributed by atoms with Gasteiger partial charge in [0, 0.05) is 32.5 Å². The van der Waals surface area contributed by atoms with E-state index in [-0.39, 0.29) is 5.69 Å². The fraction of sp³-hybridized carbons (Fsp3) is 0.647. The molecule has 0 radical (unpaired) electrons. The first kappa shape index (κ1) is 19.8. The molecule has 7 nitrogen and oxygen atoms in total. The summed E-state index contributed by atoms with van der Waals surface area (Å²) in [6, 6.07) is 3.50. The van der Waals surface area contributed by atoms with Crippen molar-refractivity contribution in [3.8, 4) is 0 Å². The summed E-state index contributed by atoms with van der Waals surface area (Å²) in [4.78, 5) is 18.1. The van der Waals surface area contributed by atoms with Crippen LogP contribution in [-0.2, 0) is 19.6 Å². The highest BCUT2D eigenvalue weighted by molar-refractivity contribution is 6.78. The molecule has 140 valence electrons. The Labute approximate surface area is 149 Å². The van der Waals surface area contributed by atoms with Crippen molar-refractivity contribution in [1.82, 2.24) is 4.98 Å². The van der Waals surface area contributed by atoms with E-state index in [0.29, 0.717) is 38.6 Å². The van der Waals surface area contributed by atoms with Crippen LogP contribution < -0.4 is 4.90 Å². The molecule has 1 aromatic heterocycles. The highest BCUT2D eigenvalue weighted by Crippen LogP contribution is 2.37. The van der Waals surface area contributed by atoms with E-state index >= 15 is 0 Å². The van der Waals surface area contributed by atoms with E-state index in [2.05, 4.69) is 29.5 Å². The lowest BCUT2D eigenvalue weighted by molar-refractivity contribution is -0.176. The zero-order chi connectivity index (χ0) is 18.7. The number of carbonyl (C=O) groups is 1. The number of morpholine rings is 1. The van der Waals surface area contributed by atoms with Crippen LogP contribution >= 0.6 is 0 Å². The van der Waals surface area contributed by atoms with Gasteiger partial charge in [-0.2, -0.15) is 0 Å². The van der Waals surface area contributed by atoms with Crippen molar-refractivity contribution < 1.29 is 24.1 Å². The molecule has 1 unspecified atom stereocenters. The van der Waals surface area contributed by atoms with Crippen molar-refractivity contribution in [2.45, 2.75) is 32.0 Å². The number of carboxylic acid groups (broad SMARTS) is 1. The zero-order valence-corrected chi connectivity index (χ0v) is 16.7. The predicted molar refractivity (Wildman–Crippen MR) is 97.9 cm³/mol. The van der Waals surface area contributed by atoms with Crippen LogP contribution in [0.3, 0.4) is 0 Å². The SMILES string of the molecule is CCOC(OC)(c1cc(N2CCOCC2)cc(C(=O)O)n1)[Si](C)(C)C. The lowest BCUT2D eigenvalue weighted by Crippen LogP contribution is -2.54. The third-order valence-corrected chi connectivity index (χ3v) is 6.94. The van der Waals surface area contributed by atoms with Crippen molar-refractivity contribution >= 4 is 19.7 Å². The third kappa shape index (κ3) is 4.03. The minimum atomic E-state index is -2.07. The molecule has 0 amide bonds. The van der Waals surface area contributed by atoms with Crippen molar-refractivity contribution in [1.29, 1.82) is 0 Å². The Morgan fingerprint density at radius 2 is 2.00 bits per heavy atom. The minimum Gasteiger partial charge on any atom is -0.477 e. The topological polar surface area (TPSA) is 81.1 Å². The average Bonchev–Trinajstić information content (AvgIpc) is 2.59. The van der Waals surface area contributed by atoms with Gasteiger partial charge in [0.2, 0.25) is 0 Å². The number of ether oxygens (including phenoxy) is 3. The third-order valence-electron chi connectivity index (χ3n) is 4.37. The number of hydrogen-bond donors (Lipinski definition) is 1. The van der Waals surface area contributed by atoms with Crippen molar-refractivity contribution in [3.05, 3.63) is 23.5 Å². The molecule has 0 aromatic carbocycles. The standard InChI is InChI=1S/C17H28N2O5Si/c1-6-24-17(22-2,25(3,4)5)15-12-13(11-14(18-15)16(20)21)19-7-9-23-10-8-19/h11-12H,6-10H2,1-5H3,(H,20,21). The minimum absolute atomic E-state index is 0.00151. The van der Waals surface area contributed by atoms with Crippen molar-refractivity contribution in [2.24, 2.45) is 0 Å². The second kappa shape index (κ2) is 7.82. The fourth-order valence-corrected chi connectivity index (χ4v) is 5.23. The molecule has 25 heavy (non-hydrogen) atoms. The van der Waals surface area contributed by atoms with E-state index in [0.717, 1.165) is 5.69 Å². The van der Waals surface area contributed by atoms with Gasteiger partial charge in [0.05, 0.1) is 18.9 Å². The quantitative estimate of drug-likeness (QED) is 0.584. The van der Waals surface area contributed by atoms with Crippen molar-refractivity contribution in [3.63, 3.8) is 0 Å². The van der Waals surface area contributed by atoms with Gasteiger partial charge in [-0.15, -0.1) is 0 Å². The van der Waals surface area contributed by atoms with E-state index in [9.17, 15) is 9.90 Å². The molecular weight excluding hydrogens is 340 g/mol. The van der Waals surface area contributed by atoms with Crippen LogP contribution in [0.4, 0.5) is 5.69 Å². The van der Waals surface area contributed by atoms with E-state index in [1.54, 1.807) is 13.2 Å². The maximum atomic E-state index is 11.6. The number of nitrogens with zero attached hydrogens (tertiary/aromatic N) is 2. The summed E-state index contributed by atoms with van der Waals surface area (Å²) in [7, 11) is -0.477. The molecule has 0 aliphatic carbocycles. The number of aromatic carboxylic acids is 1. The van der Waals surface area contributed by atoms with Crippen LogP contribution in [0.25, 0.3) is 0 Å². The number of methoxy groups -OCH3 is 1.